The molecule has 0 spiro atoms. The normalized spacial score (nSPS) is 37.1. The summed E-state index contributed by atoms with van der Waals surface area (Å²) in [5.41, 5.74) is -2.30. The molecule has 1 aromatic heterocycles. The SMILES string of the molecule is O=c1ccn([C@H]2[C@H](O)[C@H](O)[C@]3(COP(=O)(O)O)C[C@@H]23)c(=O)[nH]1. The summed E-state index contributed by atoms with van der Waals surface area (Å²) < 4.78 is 16.4. The molecule has 2 saturated carbocycles. The number of phosphoric ester groups is 1. The number of rotatable bonds is 4. The molecule has 0 amide bonds. The van der Waals surface area contributed by atoms with Gasteiger partial charge >= 0.3 is 13.5 Å². The molecule has 2 aliphatic carbocycles. The molecular formula is C11H15N2O8P. The van der Waals surface area contributed by atoms with Crippen molar-refractivity contribution in [3.05, 3.63) is 33.1 Å². The fourth-order valence-electron chi connectivity index (χ4n) is 3.39. The maximum Gasteiger partial charge on any atom is 0.469 e. The molecule has 0 unspecified atom stereocenters. The lowest BCUT2D eigenvalue weighted by molar-refractivity contribution is -0.0306. The molecule has 5 N–H and O–H groups in total. The first-order valence-corrected chi connectivity index (χ1v) is 8.06. The number of nitrogens with zero attached hydrogens (tertiary/aromatic N) is 1. The van der Waals surface area contributed by atoms with Crippen LogP contribution in [0.3, 0.4) is 0 Å². The Hall–Kier alpha value is -1.29. The van der Waals surface area contributed by atoms with Crippen molar-refractivity contribution < 1.29 is 29.1 Å². The van der Waals surface area contributed by atoms with E-state index in [0.29, 0.717) is 6.42 Å². The third-order valence-electron chi connectivity index (χ3n) is 4.53. The summed E-state index contributed by atoms with van der Waals surface area (Å²) in [4.78, 5) is 42.5. The average molecular weight is 334 g/mol. The standard InChI is InChI=1S/C11H15N2O8P/c14-6-1-2-13(10(17)12-6)7-5-3-11(5,9(16)8(7)15)4-21-22(18,19)20/h1-2,5,7-9,15-16H,3-4H2,(H,12,14,17)(H2,18,19,20)/t5-,7+,8-,9-,11-/m0/s1. The van der Waals surface area contributed by atoms with Crippen LogP contribution in [0, 0.1) is 11.3 Å². The molecule has 0 bridgehead atoms. The predicted molar refractivity (Wildman–Crippen MR) is 70.9 cm³/mol. The summed E-state index contributed by atoms with van der Waals surface area (Å²) in [5.74, 6) is -0.382. The van der Waals surface area contributed by atoms with E-state index < -0.39 is 49.3 Å². The number of hydrogen-bond acceptors (Lipinski definition) is 6. The van der Waals surface area contributed by atoms with Crippen LogP contribution in [0.5, 0.6) is 0 Å². The number of nitrogens with one attached hydrogen (secondary N) is 1. The summed E-state index contributed by atoms with van der Waals surface area (Å²) in [7, 11) is -4.70. The second-order valence-electron chi connectivity index (χ2n) is 5.75. The van der Waals surface area contributed by atoms with Crippen LogP contribution in [-0.2, 0) is 9.09 Å². The van der Waals surface area contributed by atoms with Gasteiger partial charge in [0.2, 0.25) is 0 Å². The number of fused-ring (bicyclic) bond motifs is 1. The van der Waals surface area contributed by atoms with E-state index in [4.69, 9.17) is 9.79 Å². The van der Waals surface area contributed by atoms with E-state index in [1.54, 1.807) is 0 Å². The van der Waals surface area contributed by atoms with Crippen LogP contribution in [0.2, 0.25) is 0 Å². The smallest absolute Gasteiger partial charge is 0.390 e. The molecule has 1 aromatic rings. The number of H-pyrrole nitrogens is 1. The van der Waals surface area contributed by atoms with Crippen LogP contribution < -0.4 is 11.2 Å². The number of aromatic amines is 1. The van der Waals surface area contributed by atoms with Gasteiger partial charge in [0.1, 0.15) is 6.10 Å². The van der Waals surface area contributed by atoms with Crippen molar-refractivity contribution in [3.8, 4) is 0 Å². The van der Waals surface area contributed by atoms with Crippen molar-refractivity contribution in [1.82, 2.24) is 9.55 Å². The maximum atomic E-state index is 11.8. The molecule has 22 heavy (non-hydrogen) atoms. The zero-order valence-corrected chi connectivity index (χ0v) is 12.1. The molecular weight excluding hydrogens is 319 g/mol. The lowest BCUT2D eigenvalue weighted by atomic mass is 10.0. The topological polar surface area (TPSA) is 162 Å². The molecule has 0 radical (unpaired) electrons. The Labute approximate surface area is 123 Å². The minimum absolute atomic E-state index is 0.349. The van der Waals surface area contributed by atoms with E-state index in [-0.39, 0.29) is 5.92 Å². The van der Waals surface area contributed by atoms with E-state index >= 15 is 0 Å². The second-order valence-corrected chi connectivity index (χ2v) is 6.99. The van der Waals surface area contributed by atoms with Gasteiger partial charge in [0, 0.05) is 17.7 Å². The summed E-state index contributed by atoms with van der Waals surface area (Å²) in [6.45, 7) is -0.422. The Morgan fingerprint density at radius 1 is 1.41 bits per heavy atom. The second kappa shape index (κ2) is 4.85. The van der Waals surface area contributed by atoms with E-state index in [1.165, 1.54) is 6.20 Å². The van der Waals surface area contributed by atoms with Crippen molar-refractivity contribution in [2.75, 3.05) is 6.61 Å². The third kappa shape index (κ3) is 2.37. The zero-order valence-electron chi connectivity index (χ0n) is 11.2. The number of hydrogen-bond donors (Lipinski definition) is 5. The Bertz CT molecular complexity index is 753. The van der Waals surface area contributed by atoms with Crippen LogP contribution in [0.25, 0.3) is 0 Å². The van der Waals surface area contributed by atoms with Gasteiger partial charge in [0.25, 0.3) is 5.56 Å². The Morgan fingerprint density at radius 2 is 2.09 bits per heavy atom. The fourth-order valence-corrected chi connectivity index (χ4v) is 3.80. The van der Waals surface area contributed by atoms with Gasteiger partial charge in [-0.1, -0.05) is 0 Å². The van der Waals surface area contributed by atoms with Crippen molar-refractivity contribution in [2.45, 2.75) is 24.7 Å². The summed E-state index contributed by atoms with van der Waals surface area (Å²) in [6.07, 6.45) is -1.02. The molecule has 122 valence electrons. The van der Waals surface area contributed by atoms with Gasteiger partial charge in [-0.25, -0.2) is 9.36 Å². The first-order valence-electron chi connectivity index (χ1n) is 6.53. The van der Waals surface area contributed by atoms with E-state index in [0.717, 1.165) is 10.6 Å². The van der Waals surface area contributed by atoms with Gasteiger partial charge in [-0.2, -0.15) is 0 Å². The van der Waals surface area contributed by atoms with Crippen LogP contribution in [0.1, 0.15) is 12.5 Å². The summed E-state index contributed by atoms with van der Waals surface area (Å²) >= 11 is 0. The maximum absolute atomic E-state index is 11.8. The van der Waals surface area contributed by atoms with Crippen molar-refractivity contribution >= 4 is 7.82 Å². The van der Waals surface area contributed by atoms with Gasteiger partial charge in [-0.3, -0.25) is 18.9 Å². The Morgan fingerprint density at radius 3 is 2.68 bits per heavy atom. The molecule has 1 heterocycles. The van der Waals surface area contributed by atoms with Crippen LogP contribution >= 0.6 is 7.82 Å². The highest BCUT2D eigenvalue weighted by atomic mass is 31.2. The van der Waals surface area contributed by atoms with Crippen LogP contribution in [0.4, 0.5) is 0 Å². The van der Waals surface area contributed by atoms with Gasteiger partial charge in [-0.15, -0.1) is 0 Å². The Balaban J connectivity index is 1.89. The number of aliphatic hydroxyl groups is 2. The molecule has 2 fully saturated rings. The lowest BCUT2D eigenvalue weighted by Crippen LogP contribution is -2.40. The average Bonchev–Trinajstić information content (AvgIpc) is 3.08. The molecule has 5 atom stereocenters. The molecule has 0 aromatic carbocycles. The molecule has 0 aliphatic heterocycles. The molecule has 3 rings (SSSR count). The molecule has 11 heteroatoms. The lowest BCUT2D eigenvalue weighted by Gasteiger charge is -2.24. The quantitative estimate of drug-likeness (QED) is 0.392. The summed E-state index contributed by atoms with van der Waals surface area (Å²) in [5, 5.41) is 20.3. The van der Waals surface area contributed by atoms with Crippen molar-refractivity contribution in [3.63, 3.8) is 0 Å². The summed E-state index contributed by atoms with van der Waals surface area (Å²) in [6, 6.07) is 0.328. The molecule has 10 nitrogen and oxygen atoms in total. The van der Waals surface area contributed by atoms with Gasteiger partial charge in [0.15, 0.2) is 0 Å². The number of aromatic nitrogens is 2. The zero-order chi connectivity index (χ0) is 16.3. The number of aliphatic hydroxyl groups excluding tert-OH is 2. The minimum Gasteiger partial charge on any atom is -0.390 e. The largest absolute Gasteiger partial charge is 0.469 e. The van der Waals surface area contributed by atoms with E-state index in [1.807, 2.05) is 0 Å². The highest BCUT2D eigenvalue weighted by molar-refractivity contribution is 7.46. The highest BCUT2D eigenvalue weighted by Gasteiger charge is 2.72. The highest BCUT2D eigenvalue weighted by Crippen LogP contribution is 2.68. The minimum atomic E-state index is -4.70. The van der Waals surface area contributed by atoms with Gasteiger partial charge in [0.05, 0.1) is 18.8 Å². The van der Waals surface area contributed by atoms with Crippen LogP contribution in [-0.4, -0.2) is 48.4 Å². The molecule has 2 aliphatic rings. The van der Waals surface area contributed by atoms with Crippen molar-refractivity contribution in [1.29, 1.82) is 0 Å². The first-order chi connectivity index (χ1) is 10.2. The van der Waals surface area contributed by atoms with Crippen LogP contribution in [0.15, 0.2) is 21.9 Å². The van der Waals surface area contributed by atoms with E-state index in [2.05, 4.69) is 9.51 Å². The predicted octanol–water partition coefficient (Wildman–Crippen LogP) is -2.07. The Kier molecular flexibility index (Phi) is 3.44. The first kappa shape index (κ1) is 15.6. The number of phosphoric acid groups is 1. The van der Waals surface area contributed by atoms with E-state index in [9.17, 15) is 24.4 Å². The fraction of sp³-hybridized carbons (Fsp3) is 0.636. The van der Waals surface area contributed by atoms with Gasteiger partial charge in [-0.05, 0) is 12.3 Å². The van der Waals surface area contributed by atoms with Gasteiger partial charge < -0.3 is 20.0 Å². The monoisotopic (exact) mass is 334 g/mol. The van der Waals surface area contributed by atoms with Crippen molar-refractivity contribution in [2.24, 2.45) is 11.3 Å². The third-order valence-corrected chi connectivity index (χ3v) is 4.99. The molecule has 0 saturated heterocycles.